The molecule has 2 amide bonds. The molecular weight excluding hydrogens is 636 g/mol. The average molecular weight is 677 g/mol. The molecule has 3 heterocycles. The van der Waals surface area contributed by atoms with Crippen LogP contribution in [-0.4, -0.2) is 122 Å². The topological polar surface area (TPSA) is 236 Å². The van der Waals surface area contributed by atoms with E-state index in [0.717, 1.165) is 41.5 Å². The summed E-state index contributed by atoms with van der Waals surface area (Å²) >= 11 is 0. The van der Waals surface area contributed by atoms with E-state index >= 15 is 0 Å². The van der Waals surface area contributed by atoms with E-state index in [1.54, 1.807) is 13.8 Å². The minimum absolute atomic E-state index is 0.466. The molecule has 19 nitrogen and oxygen atoms in total. The van der Waals surface area contributed by atoms with Crippen LogP contribution in [0.5, 0.6) is 0 Å². The van der Waals surface area contributed by atoms with Gasteiger partial charge in [0.1, 0.15) is 25.4 Å². The van der Waals surface area contributed by atoms with Gasteiger partial charge in [-0.05, 0) is 13.8 Å². The molecule has 3 fully saturated rings. The first-order valence-electron chi connectivity index (χ1n) is 14.6. The van der Waals surface area contributed by atoms with Crippen molar-refractivity contribution in [2.24, 2.45) is 0 Å². The summed E-state index contributed by atoms with van der Waals surface area (Å²) in [5, 5.41) is 5.00. The van der Waals surface area contributed by atoms with Gasteiger partial charge in [0.2, 0.25) is 0 Å². The number of ether oxygens (including phenoxy) is 10. The second-order valence-corrected chi connectivity index (χ2v) is 11.3. The molecule has 0 radical (unpaired) electrons. The summed E-state index contributed by atoms with van der Waals surface area (Å²) < 4.78 is 55.1. The van der Waals surface area contributed by atoms with E-state index < -0.39 is 122 Å². The Morgan fingerprint density at radius 2 is 1.19 bits per heavy atom. The highest BCUT2D eigenvalue weighted by atomic mass is 16.8. The zero-order valence-electron chi connectivity index (χ0n) is 27.1. The number of hydrogen-bond acceptors (Lipinski definition) is 17. The number of nitrogens with one attached hydrogen (secondary N) is 2. The molecule has 2 N–H and O–H groups in total. The molecule has 10 atom stereocenters. The summed E-state index contributed by atoms with van der Waals surface area (Å²) in [7, 11) is 0. The van der Waals surface area contributed by atoms with Crippen molar-refractivity contribution in [3.05, 3.63) is 0 Å². The van der Waals surface area contributed by atoms with Gasteiger partial charge in [-0.25, -0.2) is 4.79 Å². The van der Waals surface area contributed by atoms with Gasteiger partial charge in [0, 0.05) is 41.5 Å². The van der Waals surface area contributed by atoms with Crippen LogP contribution in [0.4, 0.5) is 4.79 Å². The fourth-order valence-electron chi connectivity index (χ4n) is 5.26. The second-order valence-electron chi connectivity index (χ2n) is 11.3. The van der Waals surface area contributed by atoms with E-state index in [2.05, 4.69) is 10.6 Å². The molecule has 0 saturated carbocycles. The normalized spacial score (nSPS) is 31.3. The molecular formula is C28H40N2O17. The summed E-state index contributed by atoms with van der Waals surface area (Å²) in [6.07, 6.45) is -11.7. The Bertz CT molecular complexity index is 1220. The van der Waals surface area contributed by atoms with Crippen LogP contribution in [0.1, 0.15) is 55.4 Å². The molecule has 3 aliphatic rings. The number of esters is 6. The van der Waals surface area contributed by atoms with Gasteiger partial charge in [-0.2, -0.15) is 0 Å². The first-order valence-corrected chi connectivity index (χ1v) is 14.6. The highest BCUT2D eigenvalue weighted by Crippen LogP contribution is 2.40. The third kappa shape index (κ3) is 10.5. The Kier molecular flexibility index (Phi) is 12.5. The predicted molar refractivity (Wildman–Crippen MR) is 148 cm³/mol. The molecule has 0 spiro atoms. The third-order valence-electron chi connectivity index (χ3n) is 6.77. The average Bonchev–Trinajstić information content (AvgIpc) is 3.39. The maximum absolute atomic E-state index is 13.5. The smallest absolute Gasteiger partial charge is 0.317 e. The van der Waals surface area contributed by atoms with Crippen LogP contribution in [0, 0.1) is 0 Å². The number of carbonyl (C=O) groups is 7. The highest BCUT2D eigenvalue weighted by molar-refractivity contribution is 5.75. The van der Waals surface area contributed by atoms with E-state index in [9.17, 15) is 33.6 Å². The van der Waals surface area contributed by atoms with Crippen LogP contribution in [-0.2, 0) is 76.1 Å². The molecule has 264 valence electrons. The largest absolute Gasteiger partial charge is 0.464 e. The second kappa shape index (κ2) is 15.7. The van der Waals surface area contributed by atoms with Crippen LogP contribution in [0.2, 0.25) is 0 Å². The molecule has 3 saturated heterocycles. The van der Waals surface area contributed by atoms with Gasteiger partial charge in [0.15, 0.2) is 48.8 Å². The van der Waals surface area contributed by atoms with Crippen molar-refractivity contribution in [1.29, 1.82) is 0 Å². The Labute approximate surface area is 269 Å². The summed E-state index contributed by atoms with van der Waals surface area (Å²) in [6, 6.07) is -2.22. The van der Waals surface area contributed by atoms with E-state index in [1.807, 2.05) is 0 Å². The minimum Gasteiger partial charge on any atom is -0.464 e. The zero-order chi connectivity index (χ0) is 35.2. The molecule has 19 heteroatoms. The van der Waals surface area contributed by atoms with Crippen molar-refractivity contribution >= 4 is 41.8 Å². The standard InChI is InChI=1S/C28H40N2O17/c1-11(31)38-9-17(19-21(41-14(4)34)24-26(45-19)47-28(7,8)46-24)29-27(37)30-25-23(43-16(6)36)22(42-15(5)35)20(40-13(3)33)18(44-25)10-39-12(2)32/h17-26H,9-10H2,1-8H3,(H2,29,30,37)/t17-,18+,19+,20+,21-,22-,23+,24+,25+,26+/m0/s1. The van der Waals surface area contributed by atoms with Crippen molar-refractivity contribution in [2.75, 3.05) is 13.2 Å². The summed E-state index contributed by atoms with van der Waals surface area (Å²) in [4.78, 5) is 85.0. The number of carbonyl (C=O) groups excluding carboxylic acids is 7. The number of hydrogen-bond donors (Lipinski definition) is 2. The molecule has 0 unspecified atom stereocenters. The lowest BCUT2D eigenvalue weighted by atomic mass is 9.97. The van der Waals surface area contributed by atoms with Gasteiger partial charge in [-0.15, -0.1) is 0 Å². The van der Waals surface area contributed by atoms with Gasteiger partial charge in [-0.1, -0.05) is 0 Å². The van der Waals surface area contributed by atoms with Crippen molar-refractivity contribution in [2.45, 2.75) is 122 Å². The summed E-state index contributed by atoms with van der Waals surface area (Å²) in [6.45, 7) is 8.83. The summed E-state index contributed by atoms with van der Waals surface area (Å²) in [5.74, 6) is -5.77. The quantitative estimate of drug-likeness (QED) is 0.199. The monoisotopic (exact) mass is 676 g/mol. The van der Waals surface area contributed by atoms with Crippen LogP contribution < -0.4 is 10.6 Å². The van der Waals surface area contributed by atoms with Crippen LogP contribution in [0.3, 0.4) is 0 Å². The van der Waals surface area contributed by atoms with Crippen LogP contribution >= 0.6 is 0 Å². The van der Waals surface area contributed by atoms with Gasteiger partial charge < -0.3 is 58.0 Å². The fraction of sp³-hybridized carbons (Fsp3) is 0.750. The number of rotatable bonds is 11. The van der Waals surface area contributed by atoms with Crippen molar-refractivity contribution < 1.29 is 80.9 Å². The van der Waals surface area contributed by atoms with Gasteiger partial charge >= 0.3 is 41.8 Å². The SMILES string of the molecule is CC(=O)OC[C@H](NC(=O)N[C@@H]1O[C@H](COC(C)=O)[C@@H](OC(C)=O)[C@H](OC(C)=O)[C@H]1OC(C)=O)[C@H]1O[C@@H]2OC(C)(C)O[C@@H]2[C@H]1OC(C)=O. The minimum atomic E-state index is -1.61. The van der Waals surface area contributed by atoms with E-state index in [1.165, 1.54) is 0 Å². The fourth-order valence-corrected chi connectivity index (χ4v) is 5.26. The molecule has 0 bridgehead atoms. The Balaban J connectivity index is 1.91. The van der Waals surface area contributed by atoms with Crippen molar-refractivity contribution in [3.8, 4) is 0 Å². The molecule has 0 aromatic rings. The lowest BCUT2D eigenvalue weighted by Crippen LogP contribution is -2.67. The maximum atomic E-state index is 13.5. The van der Waals surface area contributed by atoms with Crippen LogP contribution in [0.15, 0.2) is 0 Å². The molecule has 0 aromatic carbocycles. The maximum Gasteiger partial charge on any atom is 0.317 e. The van der Waals surface area contributed by atoms with E-state index in [0.29, 0.717) is 0 Å². The number of urea groups is 1. The first kappa shape index (κ1) is 37.4. The lowest BCUT2D eigenvalue weighted by Gasteiger charge is -2.44. The molecule has 3 rings (SSSR count). The predicted octanol–water partition coefficient (Wildman–Crippen LogP) is -0.891. The number of amides is 2. The molecule has 0 aromatic heterocycles. The molecule has 47 heavy (non-hydrogen) atoms. The highest BCUT2D eigenvalue weighted by Gasteiger charge is 2.59. The van der Waals surface area contributed by atoms with Crippen molar-refractivity contribution in [1.82, 2.24) is 10.6 Å². The third-order valence-corrected chi connectivity index (χ3v) is 6.77. The van der Waals surface area contributed by atoms with Gasteiger partial charge in [0.25, 0.3) is 0 Å². The zero-order valence-corrected chi connectivity index (χ0v) is 27.1. The molecule has 3 aliphatic heterocycles. The number of fused-ring (bicyclic) bond motifs is 1. The summed E-state index contributed by atoms with van der Waals surface area (Å²) in [5.41, 5.74) is 0. The first-order chi connectivity index (χ1) is 21.9. The van der Waals surface area contributed by atoms with Gasteiger partial charge in [-0.3, -0.25) is 28.8 Å². The Morgan fingerprint density at radius 1 is 0.660 bits per heavy atom. The van der Waals surface area contributed by atoms with Crippen LogP contribution in [0.25, 0.3) is 0 Å². The van der Waals surface area contributed by atoms with Gasteiger partial charge in [0.05, 0.1) is 6.04 Å². The molecule has 0 aliphatic carbocycles. The van der Waals surface area contributed by atoms with Crippen molar-refractivity contribution in [3.63, 3.8) is 0 Å². The Hall–Kier alpha value is -4.07. The lowest BCUT2D eigenvalue weighted by molar-refractivity contribution is -0.255. The van der Waals surface area contributed by atoms with E-state index in [-0.39, 0.29) is 0 Å². The Morgan fingerprint density at radius 3 is 1.74 bits per heavy atom. The van der Waals surface area contributed by atoms with E-state index in [4.69, 9.17) is 47.4 Å².